The Morgan fingerprint density at radius 3 is 2.86 bits per heavy atom. The van der Waals surface area contributed by atoms with E-state index in [0.29, 0.717) is 29.6 Å². The van der Waals surface area contributed by atoms with Crippen LogP contribution in [0, 0.1) is 0 Å². The third-order valence-corrected chi connectivity index (χ3v) is 7.61. The Bertz CT molecular complexity index is 1070. The van der Waals surface area contributed by atoms with Gasteiger partial charge in [0.1, 0.15) is 5.75 Å². The molecular weight excluding hydrogens is 464 g/mol. The van der Waals surface area contributed by atoms with Crippen molar-refractivity contribution in [2.24, 2.45) is 4.99 Å². The van der Waals surface area contributed by atoms with Crippen LogP contribution in [0.3, 0.4) is 0 Å². The summed E-state index contributed by atoms with van der Waals surface area (Å²) in [6.07, 6.45) is 3.57. The Kier molecular flexibility index (Phi) is 8.18. The van der Waals surface area contributed by atoms with E-state index in [1.54, 1.807) is 14.0 Å². The molecule has 1 N–H and O–H groups in total. The number of fused-ring (bicyclic) bond motifs is 1. The molecule has 9 heteroatoms. The molecule has 35 heavy (non-hydrogen) atoms. The number of methoxy groups -OCH3 is 1. The number of hydrogen-bond acceptors (Lipinski definition) is 8. The number of thioether (sulfide) groups is 1. The van der Waals surface area contributed by atoms with Crippen LogP contribution in [0.5, 0.6) is 5.75 Å². The molecule has 0 spiro atoms. The van der Waals surface area contributed by atoms with Crippen molar-refractivity contribution < 1.29 is 19.1 Å². The molecule has 4 rings (SSSR count). The first kappa shape index (κ1) is 25.3. The van der Waals surface area contributed by atoms with E-state index in [9.17, 15) is 9.59 Å². The summed E-state index contributed by atoms with van der Waals surface area (Å²) in [6, 6.07) is 7.72. The van der Waals surface area contributed by atoms with Crippen molar-refractivity contribution >= 4 is 28.8 Å². The molecule has 1 aromatic carbocycles. The third kappa shape index (κ3) is 5.56. The zero-order chi connectivity index (χ0) is 24.9. The monoisotopic (exact) mass is 498 g/mol. The van der Waals surface area contributed by atoms with E-state index in [1.165, 1.54) is 24.6 Å². The molecule has 1 aromatic rings. The fourth-order valence-electron chi connectivity index (χ4n) is 4.92. The lowest BCUT2D eigenvalue weighted by molar-refractivity contribution is -0.139. The summed E-state index contributed by atoms with van der Waals surface area (Å²) in [6.45, 7) is 5.67. The first-order valence-corrected chi connectivity index (χ1v) is 13.0. The van der Waals surface area contributed by atoms with Gasteiger partial charge in [-0.15, -0.1) is 0 Å². The zero-order valence-electron chi connectivity index (χ0n) is 20.9. The maximum atomic E-state index is 13.0. The van der Waals surface area contributed by atoms with Gasteiger partial charge in [-0.1, -0.05) is 23.9 Å². The minimum Gasteiger partial charge on any atom is -0.497 e. The average Bonchev–Trinajstić information content (AvgIpc) is 3.43. The van der Waals surface area contributed by atoms with Crippen LogP contribution in [0.15, 0.2) is 51.6 Å². The number of amidine groups is 1. The second-order valence-corrected chi connectivity index (χ2v) is 9.82. The van der Waals surface area contributed by atoms with Gasteiger partial charge in [0.05, 0.1) is 37.4 Å². The van der Waals surface area contributed by atoms with Crippen LogP contribution in [0.1, 0.15) is 51.1 Å². The molecule has 0 aromatic heterocycles. The number of benzene rings is 1. The first-order valence-electron chi connectivity index (χ1n) is 12.1. The van der Waals surface area contributed by atoms with Crippen LogP contribution in [-0.4, -0.2) is 66.7 Å². The molecule has 3 aliphatic rings. The van der Waals surface area contributed by atoms with Crippen LogP contribution in [0.2, 0.25) is 0 Å². The number of allylic oxidation sites excluding steroid dienone is 1. The van der Waals surface area contributed by atoms with Crippen LogP contribution in [0.4, 0.5) is 0 Å². The van der Waals surface area contributed by atoms with Crippen LogP contribution >= 0.6 is 11.8 Å². The molecule has 8 nitrogen and oxygen atoms in total. The summed E-state index contributed by atoms with van der Waals surface area (Å²) in [5.74, 6) is 0.258. The smallest absolute Gasteiger partial charge is 0.338 e. The van der Waals surface area contributed by atoms with Crippen molar-refractivity contribution in [2.75, 3.05) is 33.9 Å². The van der Waals surface area contributed by atoms with E-state index >= 15 is 0 Å². The maximum Gasteiger partial charge on any atom is 0.338 e. The Balaban J connectivity index is 1.55. The zero-order valence-corrected chi connectivity index (χ0v) is 21.7. The van der Waals surface area contributed by atoms with E-state index in [0.717, 1.165) is 29.4 Å². The summed E-state index contributed by atoms with van der Waals surface area (Å²) in [4.78, 5) is 35.0. The Morgan fingerprint density at radius 2 is 2.14 bits per heavy atom. The van der Waals surface area contributed by atoms with E-state index in [2.05, 4.69) is 17.3 Å². The summed E-state index contributed by atoms with van der Waals surface area (Å²) in [7, 11) is 3.76. The van der Waals surface area contributed by atoms with E-state index in [-0.39, 0.29) is 18.9 Å². The molecule has 0 aliphatic carbocycles. The van der Waals surface area contributed by atoms with Gasteiger partial charge in [-0.3, -0.25) is 4.79 Å². The second kappa shape index (κ2) is 11.3. The minimum absolute atomic E-state index is 0.0351. The molecule has 2 atom stereocenters. The highest BCUT2D eigenvalue weighted by molar-refractivity contribution is 8.16. The van der Waals surface area contributed by atoms with Gasteiger partial charge in [-0.2, -0.15) is 0 Å². The van der Waals surface area contributed by atoms with E-state index < -0.39 is 12.0 Å². The lowest BCUT2D eigenvalue weighted by Crippen LogP contribution is -2.38. The number of esters is 1. The summed E-state index contributed by atoms with van der Waals surface area (Å²) in [5.41, 5.74) is 2.78. The lowest BCUT2D eigenvalue weighted by Gasteiger charge is -2.36. The van der Waals surface area contributed by atoms with E-state index in [1.807, 2.05) is 41.5 Å². The Morgan fingerprint density at radius 1 is 1.31 bits per heavy atom. The van der Waals surface area contributed by atoms with Crippen molar-refractivity contribution in [1.82, 2.24) is 15.1 Å². The minimum atomic E-state index is -0.460. The number of nitrogens with one attached hydrogen (secondary N) is 1. The van der Waals surface area contributed by atoms with Gasteiger partial charge in [-0.05, 0) is 69.8 Å². The predicted molar refractivity (Wildman–Crippen MR) is 138 cm³/mol. The van der Waals surface area contributed by atoms with Gasteiger partial charge in [-0.25, -0.2) is 9.79 Å². The maximum absolute atomic E-state index is 13.0. The van der Waals surface area contributed by atoms with Gasteiger partial charge in [0.15, 0.2) is 5.17 Å². The predicted octanol–water partition coefficient (Wildman–Crippen LogP) is 3.82. The number of nitrogens with zero attached hydrogens (tertiary/aromatic N) is 3. The largest absolute Gasteiger partial charge is 0.497 e. The van der Waals surface area contributed by atoms with Crippen molar-refractivity contribution in [3.05, 3.63) is 52.2 Å². The van der Waals surface area contributed by atoms with Crippen LogP contribution in [0.25, 0.3) is 0 Å². The van der Waals surface area contributed by atoms with Gasteiger partial charge in [0.25, 0.3) is 0 Å². The molecular formula is C26H34N4O4S. The molecule has 1 amide bonds. The van der Waals surface area contributed by atoms with Crippen molar-refractivity contribution in [1.29, 1.82) is 0 Å². The van der Waals surface area contributed by atoms with Crippen LogP contribution in [-0.2, 0) is 14.3 Å². The lowest BCUT2D eigenvalue weighted by atomic mass is 9.93. The number of rotatable bonds is 9. The highest BCUT2D eigenvalue weighted by Gasteiger charge is 2.41. The van der Waals surface area contributed by atoms with E-state index in [4.69, 9.17) is 14.5 Å². The van der Waals surface area contributed by atoms with Crippen molar-refractivity contribution in [3.8, 4) is 5.75 Å². The molecule has 1 saturated heterocycles. The van der Waals surface area contributed by atoms with Crippen LogP contribution < -0.4 is 10.1 Å². The Hall–Kier alpha value is -2.78. The highest BCUT2D eigenvalue weighted by Crippen LogP contribution is 2.45. The van der Waals surface area contributed by atoms with Crippen molar-refractivity contribution in [3.63, 3.8) is 0 Å². The number of aliphatic imine (C=N–C) groups is 1. The number of ether oxygens (including phenoxy) is 2. The fraction of sp³-hybridized carbons (Fsp3) is 0.500. The van der Waals surface area contributed by atoms with Crippen molar-refractivity contribution in [2.45, 2.75) is 51.6 Å². The highest BCUT2D eigenvalue weighted by atomic mass is 32.2. The average molecular weight is 499 g/mol. The molecule has 0 saturated carbocycles. The third-order valence-electron chi connectivity index (χ3n) is 6.72. The molecule has 188 valence electrons. The fourth-order valence-corrected chi connectivity index (χ4v) is 5.88. The first-order chi connectivity index (χ1) is 16.9. The van der Waals surface area contributed by atoms with Gasteiger partial charge >= 0.3 is 5.97 Å². The SMILES string of the molecule is CCOC(=O)C1=C(C)N=C2SC=C(CC(=O)NCCC3CCCN3C)N2C1c1cccc(OC)c1. The second-order valence-electron chi connectivity index (χ2n) is 8.98. The van der Waals surface area contributed by atoms with Gasteiger partial charge < -0.3 is 24.6 Å². The normalized spacial score (nSPS) is 22.0. The molecule has 0 radical (unpaired) electrons. The molecule has 0 bridgehead atoms. The quantitative estimate of drug-likeness (QED) is 0.518. The van der Waals surface area contributed by atoms with Gasteiger partial charge in [0, 0.05) is 18.3 Å². The number of carbonyl (C=O) groups excluding carboxylic acids is 2. The molecule has 3 heterocycles. The number of carbonyl (C=O) groups is 2. The van der Waals surface area contributed by atoms with Gasteiger partial charge in [0.2, 0.25) is 5.91 Å². The standard InChI is InChI=1S/C26H34N4O4S/c1-5-34-25(32)23-17(2)28-26-30(24(23)18-8-6-10-21(14-18)33-4)20(16-35-26)15-22(31)27-12-11-19-9-7-13-29(19)3/h6,8,10,14,16,19,24H,5,7,9,11-13,15H2,1-4H3,(H,27,31). The Labute approximate surface area is 211 Å². The number of hydrogen-bond donors (Lipinski definition) is 1. The number of amides is 1. The number of likely N-dealkylation sites (tertiary alicyclic amines) is 1. The summed E-state index contributed by atoms with van der Waals surface area (Å²) < 4.78 is 10.8. The molecule has 3 aliphatic heterocycles. The molecule has 2 unspecified atom stereocenters. The topological polar surface area (TPSA) is 83.5 Å². The summed E-state index contributed by atoms with van der Waals surface area (Å²) >= 11 is 1.47. The molecule has 1 fully saturated rings. The summed E-state index contributed by atoms with van der Waals surface area (Å²) in [5, 5.41) is 5.79.